The topological polar surface area (TPSA) is 59.0 Å². The Bertz CT molecular complexity index is 299. The van der Waals surface area contributed by atoms with E-state index in [-0.39, 0.29) is 18.2 Å². The number of amides is 1. The van der Waals surface area contributed by atoms with E-state index in [0.717, 1.165) is 6.42 Å². The molecule has 98 valence electrons. The Morgan fingerprint density at radius 3 is 2.76 bits per heavy atom. The number of nitrogens with zero attached hydrogens (tertiary/aromatic N) is 1. The second-order valence-corrected chi connectivity index (χ2v) is 5.72. The maximum Gasteiger partial charge on any atom is 0.410 e. The molecule has 0 spiro atoms. The minimum Gasteiger partial charge on any atom is -0.444 e. The number of carbonyl (C=O) groups excluding carboxylic acids is 1. The van der Waals surface area contributed by atoms with Gasteiger partial charge in [-0.25, -0.2) is 4.79 Å². The number of rotatable bonds is 0. The fourth-order valence-electron chi connectivity index (χ4n) is 2.48. The molecule has 0 unspecified atom stereocenters. The predicted molar refractivity (Wildman–Crippen MR) is 61.7 cm³/mol. The van der Waals surface area contributed by atoms with Crippen molar-refractivity contribution in [3.05, 3.63) is 0 Å². The number of aliphatic hydroxyl groups excluding tert-OH is 1. The number of hydrogen-bond acceptors (Lipinski definition) is 4. The van der Waals surface area contributed by atoms with Crippen molar-refractivity contribution in [1.82, 2.24) is 4.90 Å². The summed E-state index contributed by atoms with van der Waals surface area (Å²) >= 11 is 0. The van der Waals surface area contributed by atoms with Crippen molar-refractivity contribution in [2.75, 3.05) is 13.2 Å². The molecule has 0 radical (unpaired) electrons. The van der Waals surface area contributed by atoms with Gasteiger partial charge in [-0.1, -0.05) is 0 Å². The summed E-state index contributed by atoms with van der Waals surface area (Å²) < 4.78 is 10.9. The van der Waals surface area contributed by atoms with Gasteiger partial charge in [-0.05, 0) is 33.6 Å². The summed E-state index contributed by atoms with van der Waals surface area (Å²) in [4.78, 5) is 13.7. The van der Waals surface area contributed by atoms with Gasteiger partial charge < -0.3 is 19.5 Å². The molecule has 0 aromatic rings. The van der Waals surface area contributed by atoms with Crippen LogP contribution in [0.25, 0.3) is 0 Å². The SMILES string of the molecule is CC(C)(C)OC(=O)N1CCO[C@H]2[C@@H](O)CC[C@@H]21. The lowest BCUT2D eigenvalue weighted by atomic mass is 10.1. The first kappa shape index (κ1) is 12.6. The Morgan fingerprint density at radius 2 is 2.12 bits per heavy atom. The number of fused-ring (bicyclic) bond motifs is 1. The van der Waals surface area contributed by atoms with Gasteiger partial charge in [0.05, 0.1) is 18.8 Å². The van der Waals surface area contributed by atoms with E-state index in [0.29, 0.717) is 19.6 Å². The van der Waals surface area contributed by atoms with Crippen LogP contribution in [-0.2, 0) is 9.47 Å². The molecule has 2 rings (SSSR count). The van der Waals surface area contributed by atoms with E-state index >= 15 is 0 Å². The molecule has 1 N–H and O–H groups in total. The summed E-state index contributed by atoms with van der Waals surface area (Å²) in [6, 6.07) is -0.0337. The quantitative estimate of drug-likeness (QED) is 0.693. The van der Waals surface area contributed by atoms with Crippen LogP contribution in [-0.4, -0.2) is 53.1 Å². The molecule has 1 aliphatic carbocycles. The van der Waals surface area contributed by atoms with Crippen molar-refractivity contribution in [2.45, 2.75) is 57.5 Å². The van der Waals surface area contributed by atoms with E-state index in [2.05, 4.69) is 0 Å². The summed E-state index contributed by atoms with van der Waals surface area (Å²) in [5.41, 5.74) is -0.484. The highest BCUT2D eigenvalue weighted by Crippen LogP contribution is 2.31. The third-order valence-electron chi connectivity index (χ3n) is 3.19. The molecule has 5 nitrogen and oxygen atoms in total. The summed E-state index contributed by atoms with van der Waals surface area (Å²) in [5, 5.41) is 9.75. The maximum absolute atomic E-state index is 12.0. The van der Waals surface area contributed by atoms with Gasteiger partial charge in [0, 0.05) is 6.54 Å². The van der Waals surface area contributed by atoms with E-state index < -0.39 is 11.7 Å². The van der Waals surface area contributed by atoms with E-state index in [1.807, 2.05) is 20.8 Å². The van der Waals surface area contributed by atoms with Crippen molar-refractivity contribution in [3.8, 4) is 0 Å². The largest absolute Gasteiger partial charge is 0.444 e. The zero-order valence-corrected chi connectivity index (χ0v) is 10.7. The van der Waals surface area contributed by atoms with Crippen molar-refractivity contribution in [3.63, 3.8) is 0 Å². The Morgan fingerprint density at radius 1 is 1.41 bits per heavy atom. The predicted octanol–water partition coefficient (Wildman–Crippen LogP) is 1.15. The van der Waals surface area contributed by atoms with Crippen molar-refractivity contribution < 1.29 is 19.4 Å². The standard InChI is InChI=1S/C12H21NO4/c1-12(2,3)17-11(15)13-6-7-16-10-8(13)4-5-9(10)14/h8-10,14H,4-7H2,1-3H3/t8-,9-,10+/m0/s1. The van der Waals surface area contributed by atoms with Crippen LogP contribution < -0.4 is 0 Å². The summed E-state index contributed by atoms with van der Waals surface area (Å²) in [6.07, 6.45) is 0.478. The highest BCUT2D eigenvalue weighted by Gasteiger charge is 2.44. The number of carbonyl (C=O) groups is 1. The molecule has 1 heterocycles. The van der Waals surface area contributed by atoms with Crippen LogP contribution in [0.1, 0.15) is 33.6 Å². The Labute approximate surface area is 102 Å². The Kier molecular flexibility index (Phi) is 3.32. The second-order valence-electron chi connectivity index (χ2n) is 5.72. The van der Waals surface area contributed by atoms with E-state index in [4.69, 9.17) is 9.47 Å². The maximum atomic E-state index is 12.0. The third kappa shape index (κ3) is 2.72. The average molecular weight is 243 g/mol. The lowest BCUT2D eigenvalue weighted by molar-refractivity contribution is -0.0953. The van der Waals surface area contributed by atoms with Crippen molar-refractivity contribution in [2.24, 2.45) is 0 Å². The van der Waals surface area contributed by atoms with E-state index in [1.165, 1.54) is 0 Å². The lowest BCUT2D eigenvalue weighted by Gasteiger charge is -2.38. The zero-order chi connectivity index (χ0) is 12.6. The summed E-state index contributed by atoms with van der Waals surface area (Å²) in [5.74, 6) is 0. The smallest absolute Gasteiger partial charge is 0.410 e. The second kappa shape index (κ2) is 4.46. The molecule has 2 fully saturated rings. The van der Waals surface area contributed by atoms with Crippen LogP contribution in [0.3, 0.4) is 0 Å². The molecule has 5 heteroatoms. The van der Waals surface area contributed by atoms with Crippen LogP contribution in [0.4, 0.5) is 4.79 Å². The normalized spacial score (nSPS) is 33.4. The highest BCUT2D eigenvalue weighted by atomic mass is 16.6. The number of hydrogen-bond donors (Lipinski definition) is 1. The van der Waals surface area contributed by atoms with Crippen LogP contribution >= 0.6 is 0 Å². The monoisotopic (exact) mass is 243 g/mol. The fourth-order valence-corrected chi connectivity index (χ4v) is 2.48. The van der Waals surface area contributed by atoms with Gasteiger partial charge >= 0.3 is 6.09 Å². The minimum absolute atomic E-state index is 0.0337. The molecule has 1 saturated carbocycles. The van der Waals surface area contributed by atoms with E-state index in [9.17, 15) is 9.90 Å². The van der Waals surface area contributed by atoms with Crippen LogP contribution in [0.5, 0.6) is 0 Å². The molecular weight excluding hydrogens is 222 g/mol. The number of ether oxygens (including phenoxy) is 2. The third-order valence-corrected chi connectivity index (χ3v) is 3.19. The first-order chi connectivity index (χ1) is 7.88. The lowest BCUT2D eigenvalue weighted by Crippen LogP contribution is -2.54. The van der Waals surface area contributed by atoms with Crippen LogP contribution in [0.15, 0.2) is 0 Å². The molecule has 2 aliphatic rings. The molecule has 3 atom stereocenters. The number of morpholine rings is 1. The average Bonchev–Trinajstić information content (AvgIpc) is 2.58. The summed E-state index contributed by atoms with van der Waals surface area (Å²) in [7, 11) is 0. The molecule has 0 aromatic heterocycles. The van der Waals surface area contributed by atoms with Crippen molar-refractivity contribution in [1.29, 1.82) is 0 Å². The molecule has 1 amide bonds. The molecule has 0 bridgehead atoms. The molecule has 0 aromatic carbocycles. The van der Waals surface area contributed by atoms with E-state index in [1.54, 1.807) is 4.90 Å². The number of aliphatic hydroxyl groups is 1. The first-order valence-electron chi connectivity index (χ1n) is 6.18. The van der Waals surface area contributed by atoms with Gasteiger partial charge in [0.1, 0.15) is 11.7 Å². The molecule has 17 heavy (non-hydrogen) atoms. The highest BCUT2D eigenvalue weighted by molar-refractivity contribution is 5.69. The molecule has 1 aliphatic heterocycles. The van der Waals surface area contributed by atoms with Gasteiger partial charge in [-0.3, -0.25) is 0 Å². The molecule has 1 saturated heterocycles. The van der Waals surface area contributed by atoms with Gasteiger partial charge in [0.15, 0.2) is 0 Å². The van der Waals surface area contributed by atoms with Crippen molar-refractivity contribution >= 4 is 6.09 Å². The zero-order valence-electron chi connectivity index (χ0n) is 10.7. The van der Waals surface area contributed by atoms with Crippen LogP contribution in [0, 0.1) is 0 Å². The van der Waals surface area contributed by atoms with Gasteiger partial charge in [-0.2, -0.15) is 0 Å². The Balaban J connectivity index is 2.03. The van der Waals surface area contributed by atoms with Gasteiger partial charge in [0.25, 0.3) is 0 Å². The van der Waals surface area contributed by atoms with Gasteiger partial charge in [0.2, 0.25) is 0 Å². The Hall–Kier alpha value is -0.810. The summed E-state index contributed by atoms with van der Waals surface area (Å²) in [6.45, 7) is 6.57. The molecular formula is C12H21NO4. The minimum atomic E-state index is -0.484. The fraction of sp³-hybridized carbons (Fsp3) is 0.917. The first-order valence-corrected chi connectivity index (χ1v) is 6.18. The van der Waals surface area contributed by atoms with Crippen LogP contribution in [0.2, 0.25) is 0 Å². The van der Waals surface area contributed by atoms with Gasteiger partial charge in [-0.15, -0.1) is 0 Å².